The highest BCUT2D eigenvalue weighted by Crippen LogP contribution is 2.28. The van der Waals surface area contributed by atoms with Crippen LogP contribution >= 0.6 is 0 Å². The summed E-state index contributed by atoms with van der Waals surface area (Å²) in [5.41, 5.74) is 0. The van der Waals surface area contributed by atoms with Gasteiger partial charge in [-0.05, 0) is 155 Å². The molecule has 0 aliphatic rings. The average Bonchev–Trinajstić information content (AvgIpc) is 3.51. The minimum absolute atomic E-state index is 0.506. The summed E-state index contributed by atoms with van der Waals surface area (Å²) in [4.78, 5) is 0. The highest BCUT2D eigenvalue weighted by molar-refractivity contribution is 5.40. The zero-order valence-corrected chi connectivity index (χ0v) is 49.6. The number of hydrogen-bond acceptors (Lipinski definition) is 12. The van der Waals surface area contributed by atoms with Gasteiger partial charge in [-0.1, -0.05) is 116 Å². The van der Waals surface area contributed by atoms with Gasteiger partial charge in [0.25, 0.3) is 0 Å². The Kier molecular flexibility index (Phi) is 43.4. The van der Waals surface area contributed by atoms with Gasteiger partial charge in [0.2, 0.25) is 0 Å². The molecule has 0 bridgehead atoms. The molecule has 0 fully saturated rings. The second kappa shape index (κ2) is 49.4. The number of unbranched alkanes of at least 4 members (excludes halogenated alkanes) is 1. The SMILES string of the molecule is C=CCOc1ccc(OCCC)cc1.C=CCOc1cccc(OCCC)c1.C=CCOc1ccccc1OCCC.CCCCOc1ccccc1OCCC.CCCOc1ccc(OC)cc1.CCOc1ccc(OC)cc1. The zero-order chi connectivity index (χ0) is 58.5. The van der Waals surface area contributed by atoms with Crippen LogP contribution in [0.25, 0.3) is 0 Å². The molecule has 80 heavy (non-hydrogen) atoms. The van der Waals surface area contributed by atoms with E-state index in [9.17, 15) is 0 Å². The van der Waals surface area contributed by atoms with Gasteiger partial charge in [-0.15, -0.1) is 0 Å². The fraction of sp³-hybridized carbons (Fsp3) is 0.382. The second-order valence-corrected chi connectivity index (χ2v) is 16.9. The summed E-state index contributed by atoms with van der Waals surface area (Å²) >= 11 is 0. The molecule has 12 nitrogen and oxygen atoms in total. The van der Waals surface area contributed by atoms with E-state index in [4.69, 9.17) is 56.8 Å². The van der Waals surface area contributed by atoms with E-state index in [0.717, 1.165) is 147 Å². The highest BCUT2D eigenvalue weighted by Gasteiger charge is 2.04. The molecule has 0 amide bonds. The third-order valence-corrected chi connectivity index (χ3v) is 9.95. The average molecular weight is 1100 g/mol. The second-order valence-electron chi connectivity index (χ2n) is 16.9. The molecular weight excluding hydrogens is 1010 g/mol. The van der Waals surface area contributed by atoms with Crippen molar-refractivity contribution in [2.75, 3.05) is 80.3 Å². The van der Waals surface area contributed by atoms with Gasteiger partial charge >= 0.3 is 0 Å². The molecule has 0 atom stereocenters. The normalized spacial score (nSPS) is 9.56. The number of benzene rings is 6. The largest absolute Gasteiger partial charge is 0.497 e. The summed E-state index contributed by atoms with van der Waals surface area (Å²) in [6.07, 6.45) is 12.5. The number of para-hydroxylation sites is 4. The number of methoxy groups -OCH3 is 2. The first-order chi connectivity index (χ1) is 39.2. The first-order valence-corrected chi connectivity index (χ1v) is 28.0. The lowest BCUT2D eigenvalue weighted by Gasteiger charge is -2.11. The van der Waals surface area contributed by atoms with E-state index in [1.165, 1.54) is 0 Å². The van der Waals surface area contributed by atoms with Crippen LogP contribution in [-0.4, -0.2) is 80.3 Å². The van der Waals surface area contributed by atoms with Crippen molar-refractivity contribution >= 4 is 0 Å². The number of hydrogen-bond donors (Lipinski definition) is 0. The van der Waals surface area contributed by atoms with Crippen molar-refractivity contribution in [1.29, 1.82) is 0 Å². The van der Waals surface area contributed by atoms with Crippen molar-refractivity contribution in [3.05, 3.63) is 184 Å². The molecule has 0 N–H and O–H groups in total. The highest BCUT2D eigenvalue weighted by atomic mass is 16.5. The third-order valence-electron chi connectivity index (χ3n) is 9.95. The lowest BCUT2D eigenvalue weighted by atomic mass is 10.3. The molecule has 0 unspecified atom stereocenters. The monoisotopic (exact) mass is 1100 g/mol. The van der Waals surface area contributed by atoms with E-state index in [1.807, 2.05) is 153 Å². The Morgan fingerprint density at radius 3 is 0.950 bits per heavy atom. The Labute approximate surface area is 481 Å². The van der Waals surface area contributed by atoms with E-state index < -0.39 is 0 Å². The molecule has 6 rings (SSSR count). The van der Waals surface area contributed by atoms with Gasteiger partial charge in [-0.25, -0.2) is 0 Å². The summed E-state index contributed by atoms with van der Waals surface area (Å²) in [5, 5.41) is 0. The van der Waals surface area contributed by atoms with E-state index >= 15 is 0 Å². The van der Waals surface area contributed by atoms with Crippen LogP contribution < -0.4 is 56.8 Å². The van der Waals surface area contributed by atoms with E-state index in [2.05, 4.69) is 61.3 Å². The van der Waals surface area contributed by atoms with Crippen LogP contribution in [0.1, 0.15) is 93.4 Å². The van der Waals surface area contributed by atoms with Crippen LogP contribution in [0.5, 0.6) is 69.0 Å². The molecule has 0 aliphatic heterocycles. The Bertz CT molecular complexity index is 2390. The molecule has 0 spiro atoms. The van der Waals surface area contributed by atoms with Gasteiger partial charge in [0, 0.05) is 6.07 Å². The molecule has 12 heteroatoms. The van der Waals surface area contributed by atoms with Crippen molar-refractivity contribution in [2.24, 2.45) is 0 Å². The van der Waals surface area contributed by atoms with Crippen LogP contribution in [0.3, 0.4) is 0 Å². The zero-order valence-electron chi connectivity index (χ0n) is 49.6. The minimum Gasteiger partial charge on any atom is -0.497 e. The Morgan fingerprint density at radius 2 is 0.588 bits per heavy atom. The van der Waals surface area contributed by atoms with Gasteiger partial charge in [-0.2, -0.15) is 0 Å². The predicted octanol–water partition coefficient (Wildman–Crippen LogP) is 17.4. The van der Waals surface area contributed by atoms with Crippen molar-refractivity contribution < 1.29 is 56.8 Å². The quantitative estimate of drug-likeness (QED) is 0.0296. The van der Waals surface area contributed by atoms with Crippen LogP contribution in [-0.2, 0) is 0 Å². The smallest absolute Gasteiger partial charge is 0.161 e. The topological polar surface area (TPSA) is 111 Å². The summed E-state index contributed by atoms with van der Waals surface area (Å²) in [6, 6.07) is 45.9. The Hall–Kier alpha value is -7.86. The summed E-state index contributed by atoms with van der Waals surface area (Å²) in [5.74, 6) is 10.2. The summed E-state index contributed by atoms with van der Waals surface area (Å²) < 4.78 is 64.5. The Morgan fingerprint density at radius 1 is 0.287 bits per heavy atom. The first-order valence-electron chi connectivity index (χ1n) is 28.0. The van der Waals surface area contributed by atoms with Crippen molar-refractivity contribution in [3.63, 3.8) is 0 Å². The maximum absolute atomic E-state index is 5.65. The van der Waals surface area contributed by atoms with Crippen LogP contribution in [0.2, 0.25) is 0 Å². The lowest BCUT2D eigenvalue weighted by Crippen LogP contribution is -2.01. The van der Waals surface area contributed by atoms with Gasteiger partial charge in [0.15, 0.2) is 23.0 Å². The fourth-order valence-electron chi connectivity index (χ4n) is 6.04. The van der Waals surface area contributed by atoms with Crippen LogP contribution in [0, 0.1) is 0 Å². The van der Waals surface area contributed by atoms with Gasteiger partial charge in [-0.3, -0.25) is 0 Å². The molecule has 0 aromatic heterocycles. The predicted molar refractivity (Wildman–Crippen MR) is 329 cm³/mol. The van der Waals surface area contributed by atoms with E-state index in [1.54, 1.807) is 32.4 Å². The van der Waals surface area contributed by atoms with Gasteiger partial charge in [0.1, 0.15) is 65.8 Å². The van der Waals surface area contributed by atoms with Crippen LogP contribution in [0.15, 0.2) is 184 Å². The molecule has 0 radical (unpaired) electrons. The Balaban J connectivity index is 0.000000481. The maximum atomic E-state index is 5.65. The fourth-order valence-corrected chi connectivity index (χ4v) is 6.04. The minimum atomic E-state index is 0.506. The first kappa shape index (κ1) is 70.2. The molecule has 0 saturated heterocycles. The lowest BCUT2D eigenvalue weighted by molar-refractivity contribution is 0.265. The van der Waals surface area contributed by atoms with E-state index in [-0.39, 0.29) is 0 Å². The number of rotatable bonds is 32. The van der Waals surface area contributed by atoms with E-state index in [0.29, 0.717) is 33.0 Å². The maximum Gasteiger partial charge on any atom is 0.161 e. The van der Waals surface area contributed by atoms with Gasteiger partial charge < -0.3 is 56.8 Å². The number of ether oxygens (including phenoxy) is 12. The molecule has 6 aromatic rings. The van der Waals surface area contributed by atoms with Crippen molar-refractivity contribution in [1.82, 2.24) is 0 Å². The molecule has 0 heterocycles. The third kappa shape index (κ3) is 34.8. The van der Waals surface area contributed by atoms with Gasteiger partial charge in [0.05, 0.1) is 60.5 Å². The summed E-state index contributed by atoms with van der Waals surface area (Å²) in [7, 11) is 3.30. The van der Waals surface area contributed by atoms with Crippen LogP contribution in [0.4, 0.5) is 0 Å². The molecule has 438 valence electrons. The molecule has 6 aromatic carbocycles. The summed E-state index contributed by atoms with van der Waals surface area (Å²) in [6.45, 7) is 32.1. The molecular formula is C68H94O12. The standard InChI is InChI=1S/C13H20O2.3C12H16O2.C10H14O2.C9H12O2/c1-3-5-11-15-13-9-7-6-8-12(13)14-10-4-2;1-3-9-13-11-5-7-12(8-6-11)14-10-4-2;1-3-9-13-11-7-5-6-8-12(11)14-10-4-2;1-3-8-13-11-6-5-7-12(10-11)14-9-4-2;1-3-8-12-10-6-4-9(11-2)5-7-10;1-3-11-9-6-4-8(10-2)5-7-9/h6-9H,3-5,10-11H2,1-2H3;2*3,5-8H,1,4,9-10H2,2H3;3,5-7,10H,1,4,8-9H2,2H3;4-7H,3,8H2,1-2H3;4-7H,3H2,1-2H3. The van der Waals surface area contributed by atoms with Crippen molar-refractivity contribution in [3.8, 4) is 69.0 Å². The molecule has 0 saturated carbocycles. The van der Waals surface area contributed by atoms with Crippen molar-refractivity contribution in [2.45, 2.75) is 93.4 Å². The molecule has 0 aliphatic carbocycles.